The molecule has 0 unspecified atom stereocenters. The SMILES string of the molecule is CCCCCCCC[C@@H](C)CCBr. The Bertz CT molecular complexity index is 91.1. The first kappa shape index (κ1) is 13.5. The van der Waals surface area contributed by atoms with Crippen LogP contribution in [0.4, 0.5) is 0 Å². The number of hydrogen-bond donors (Lipinski definition) is 0. The molecule has 0 radical (unpaired) electrons. The van der Waals surface area contributed by atoms with E-state index >= 15 is 0 Å². The number of alkyl halides is 1. The minimum atomic E-state index is 0.922. The lowest BCUT2D eigenvalue weighted by Crippen LogP contribution is -1.95. The van der Waals surface area contributed by atoms with Gasteiger partial charge >= 0.3 is 0 Å². The fourth-order valence-corrected chi connectivity index (χ4v) is 2.39. The van der Waals surface area contributed by atoms with Gasteiger partial charge in [-0.25, -0.2) is 0 Å². The molecule has 0 bridgehead atoms. The van der Waals surface area contributed by atoms with E-state index in [9.17, 15) is 0 Å². The molecular weight excluding hydrogens is 224 g/mol. The van der Waals surface area contributed by atoms with Gasteiger partial charge in [0.05, 0.1) is 0 Å². The summed E-state index contributed by atoms with van der Waals surface area (Å²) >= 11 is 3.49. The molecule has 0 aromatic carbocycles. The van der Waals surface area contributed by atoms with E-state index in [0.29, 0.717) is 0 Å². The maximum absolute atomic E-state index is 3.49. The van der Waals surface area contributed by atoms with E-state index < -0.39 is 0 Å². The highest BCUT2D eigenvalue weighted by atomic mass is 79.9. The van der Waals surface area contributed by atoms with E-state index in [-0.39, 0.29) is 0 Å². The van der Waals surface area contributed by atoms with E-state index in [1.807, 2.05) is 0 Å². The molecule has 0 nitrogen and oxygen atoms in total. The largest absolute Gasteiger partial charge is 0.0928 e. The summed E-state index contributed by atoms with van der Waals surface area (Å²) in [6.07, 6.45) is 11.4. The molecule has 0 rings (SSSR count). The van der Waals surface area contributed by atoms with Gasteiger partial charge in [0.1, 0.15) is 0 Å². The third-order valence-electron chi connectivity index (χ3n) is 2.65. The van der Waals surface area contributed by atoms with Crippen LogP contribution in [0.15, 0.2) is 0 Å². The molecule has 0 aromatic rings. The maximum atomic E-state index is 3.49. The van der Waals surface area contributed by atoms with Crippen molar-refractivity contribution in [3.05, 3.63) is 0 Å². The molecule has 80 valence electrons. The Morgan fingerprint density at radius 2 is 1.54 bits per heavy atom. The van der Waals surface area contributed by atoms with Gasteiger partial charge in [-0.2, -0.15) is 0 Å². The summed E-state index contributed by atoms with van der Waals surface area (Å²) in [5, 5.41) is 1.17. The van der Waals surface area contributed by atoms with Crippen LogP contribution in [0.1, 0.15) is 65.2 Å². The van der Waals surface area contributed by atoms with E-state index in [1.54, 1.807) is 0 Å². The molecule has 13 heavy (non-hydrogen) atoms. The topological polar surface area (TPSA) is 0 Å². The fraction of sp³-hybridized carbons (Fsp3) is 1.00. The first-order chi connectivity index (χ1) is 6.31. The standard InChI is InChI=1S/C12H25Br/c1-3-4-5-6-7-8-9-12(2)10-11-13/h12H,3-11H2,1-2H3/t12-/m1/s1. The second-order valence-corrected chi connectivity index (χ2v) is 4.93. The van der Waals surface area contributed by atoms with E-state index in [1.165, 1.54) is 56.7 Å². The Morgan fingerprint density at radius 1 is 0.923 bits per heavy atom. The van der Waals surface area contributed by atoms with Crippen LogP contribution in [0, 0.1) is 5.92 Å². The predicted octanol–water partition coefficient (Wildman–Crippen LogP) is 5.16. The third-order valence-corrected chi connectivity index (χ3v) is 3.11. The maximum Gasteiger partial charge on any atom is 0.00338 e. The van der Waals surface area contributed by atoms with Crippen molar-refractivity contribution < 1.29 is 0 Å². The molecule has 0 aromatic heterocycles. The lowest BCUT2D eigenvalue weighted by atomic mass is 10.00. The zero-order chi connectivity index (χ0) is 9.94. The molecule has 0 amide bonds. The van der Waals surface area contributed by atoms with Crippen molar-refractivity contribution in [2.75, 3.05) is 5.33 Å². The second kappa shape index (κ2) is 10.6. The van der Waals surface area contributed by atoms with Crippen molar-refractivity contribution >= 4 is 15.9 Å². The van der Waals surface area contributed by atoms with Crippen LogP contribution in [0.3, 0.4) is 0 Å². The van der Waals surface area contributed by atoms with Gasteiger partial charge in [-0.3, -0.25) is 0 Å². The molecule has 0 spiro atoms. The molecule has 0 aliphatic carbocycles. The van der Waals surface area contributed by atoms with Crippen molar-refractivity contribution in [2.45, 2.75) is 65.2 Å². The summed E-state index contributed by atoms with van der Waals surface area (Å²) in [6.45, 7) is 4.64. The molecule has 0 saturated heterocycles. The van der Waals surface area contributed by atoms with Crippen molar-refractivity contribution in [2.24, 2.45) is 5.92 Å². The minimum Gasteiger partial charge on any atom is -0.0928 e. The van der Waals surface area contributed by atoms with Gasteiger partial charge in [-0.15, -0.1) is 0 Å². The first-order valence-corrected chi connectivity index (χ1v) is 6.99. The number of rotatable bonds is 9. The summed E-state index contributed by atoms with van der Waals surface area (Å²) in [4.78, 5) is 0. The number of hydrogen-bond acceptors (Lipinski definition) is 0. The van der Waals surface area contributed by atoms with Crippen LogP contribution in [0.2, 0.25) is 0 Å². The highest BCUT2D eigenvalue weighted by molar-refractivity contribution is 9.09. The van der Waals surface area contributed by atoms with Crippen molar-refractivity contribution in [3.63, 3.8) is 0 Å². The molecule has 0 aliphatic heterocycles. The molecule has 1 atom stereocenters. The second-order valence-electron chi connectivity index (χ2n) is 4.14. The highest BCUT2D eigenvalue weighted by Crippen LogP contribution is 2.15. The average molecular weight is 249 g/mol. The third kappa shape index (κ3) is 10.4. The summed E-state index contributed by atoms with van der Waals surface area (Å²) in [5.74, 6) is 0.922. The lowest BCUT2D eigenvalue weighted by Gasteiger charge is -2.08. The summed E-state index contributed by atoms with van der Waals surface area (Å²) in [5.41, 5.74) is 0. The number of unbranched alkanes of at least 4 members (excludes halogenated alkanes) is 5. The smallest absolute Gasteiger partial charge is 0.00338 e. The van der Waals surface area contributed by atoms with Crippen LogP contribution < -0.4 is 0 Å². The summed E-state index contributed by atoms with van der Waals surface area (Å²) in [6, 6.07) is 0. The molecule has 0 heterocycles. The zero-order valence-electron chi connectivity index (χ0n) is 9.32. The Labute approximate surface area is 92.6 Å². The van der Waals surface area contributed by atoms with Gasteiger partial charge < -0.3 is 0 Å². The van der Waals surface area contributed by atoms with Gasteiger partial charge in [0.2, 0.25) is 0 Å². The zero-order valence-corrected chi connectivity index (χ0v) is 10.9. The van der Waals surface area contributed by atoms with Crippen molar-refractivity contribution in [1.29, 1.82) is 0 Å². The van der Waals surface area contributed by atoms with Gasteiger partial charge in [-0.05, 0) is 12.3 Å². The quantitative estimate of drug-likeness (QED) is 0.391. The normalized spacial score (nSPS) is 13.2. The van der Waals surface area contributed by atoms with Gasteiger partial charge in [0, 0.05) is 5.33 Å². The Balaban J connectivity index is 2.97. The molecule has 0 aliphatic rings. The van der Waals surface area contributed by atoms with Crippen LogP contribution in [0.5, 0.6) is 0 Å². The molecule has 1 heteroatoms. The van der Waals surface area contributed by atoms with E-state index in [4.69, 9.17) is 0 Å². The fourth-order valence-electron chi connectivity index (χ4n) is 1.60. The monoisotopic (exact) mass is 248 g/mol. The van der Waals surface area contributed by atoms with Crippen LogP contribution in [-0.4, -0.2) is 5.33 Å². The molecule has 0 fully saturated rings. The predicted molar refractivity (Wildman–Crippen MR) is 65.6 cm³/mol. The van der Waals surface area contributed by atoms with Gasteiger partial charge in [0.25, 0.3) is 0 Å². The van der Waals surface area contributed by atoms with Crippen molar-refractivity contribution in [1.82, 2.24) is 0 Å². The first-order valence-electron chi connectivity index (χ1n) is 5.87. The number of halogens is 1. The Kier molecular flexibility index (Phi) is 11.0. The minimum absolute atomic E-state index is 0.922. The van der Waals surface area contributed by atoms with Crippen LogP contribution in [0.25, 0.3) is 0 Å². The van der Waals surface area contributed by atoms with Gasteiger partial charge in [-0.1, -0.05) is 74.7 Å². The average Bonchev–Trinajstić information content (AvgIpc) is 2.11. The summed E-state index contributed by atoms with van der Waals surface area (Å²) in [7, 11) is 0. The molecular formula is C12H25Br. The van der Waals surface area contributed by atoms with E-state index in [2.05, 4.69) is 29.8 Å². The van der Waals surface area contributed by atoms with Crippen molar-refractivity contribution in [3.8, 4) is 0 Å². The van der Waals surface area contributed by atoms with Crippen LogP contribution >= 0.6 is 15.9 Å². The molecule has 0 saturated carbocycles. The Hall–Kier alpha value is 0.480. The van der Waals surface area contributed by atoms with Gasteiger partial charge in [0.15, 0.2) is 0 Å². The molecule has 0 N–H and O–H groups in total. The summed E-state index contributed by atoms with van der Waals surface area (Å²) < 4.78 is 0. The Morgan fingerprint density at radius 3 is 2.15 bits per heavy atom. The van der Waals surface area contributed by atoms with E-state index in [0.717, 1.165) is 5.92 Å². The highest BCUT2D eigenvalue weighted by Gasteiger charge is 1.99. The van der Waals surface area contributed by atoms with Crippen LogP contribution in [-0.2, 0) is 0 Å². The lowest BCUT2D eigenvalue weighted by molar-refractivity contribution is 0.475.